The van der Waals surface area contributed by atoms with E-state index >= 15 is 0 Å². The highest BCUT2D eigenvalue weighted by Gasteiger charge is 2.40. The molecule has 1 aromatic carbocycles. The molecule has 0 aliphatic carbocycles. The summed E-state index contributed by atoms with van der Waals surface area (Å²) < 4.78 is 4.58. The number of benzene rings is 1. The third-order valence-corrected chi connectivity index (χ3v) is 2.54. The molecule has 0 saturated carbocycles. The van der Waals surface area contributed by atoms with Crippen LogP contribution < -0.4 is 4.89 Å². The molecule has 2 atom stereocenters. The van der Waals surface area contributed by atoms with E-state index in [-0.39, 0.29) is 11.1 Å². The molecule has 1 N–H and O–H groups in total. The monoisotopic (exact) mass is 197 g/mol. The summed E-state index contributed by atoms with van der Waals surface area (Å²) in [7, 11) is -1.12. The maximum atomic E-state index is 11.1. The van der Waals surface area contributed by atoms with Crippen molar-refractivity contribution in [2.75, 3.05) is 0 Å². The molecule has 1 aliphatic heterocycles. The normalized spacial score (nSPS) is 26.5. The second-order valence-corrected chi connectivity index (χ2v) is 3.56. The number of cyclic esters (lactones) is 1. The standard InChI is InChI=1S/C8H6O4P/c9-7-5-3-1-2-4-6(5)8(10,12-7)13-11/h1-4,10,13H/q-1. The van der Waals surface area contributed by atoms with Crippen LogP contribution in [-0.2, 0) is 10.3 Å². The maximum Gasteiger partial charge on any atom is 0.341 e. The molecule has 2 rings (SSSR count). The van der Waals surface area contributed by atoms with E-state index < -0.39 is 20.3 Å². The molecule has 0 radical (unpaired) electrons. The first-order chi connectivity index (χ1) is 6.17. The number of fused-ring (bicyclic) bond motifs is 1. The maximum absolute atomic E-state index is 11.1. The van der Waals surface area contributed by atoms with Gasteiger partial charge in [-0.1, -0.05) is 18.2 Å². The van der Waals surface area contributed by atoms with E-state index in [1.165, 1.54) is 12.1 Å². The summed E-state index contributed by atoms with van der Waals surface area (Å²) in [5.41, 5.74) is -1.39. The van der Waals surface area contributed by atoms with Crippen LogP contribution in [0.5, 0.6) is 0 Å². The molecule has 0 fully saturated rings. The minimum Gasteiger partial charge on any atom is -0.827 e. The second kappa shape index (κ2) is 2.77. The Bertz CT molecular complexity index is 365. The lowest BCUT2D eigenvalue weighted by Crippen LogP contribution is -2.22. The molecule has 0 spiro atoms. The Morgan fingerprint density at radius 1 is 1.46 bits per heavy atom. The number of hydrogen-bond acceptors (Lipinski definition) is 4. The van der Waals surface area contributed by atoms with E-state index in [1.807, 2.05) is 0 Å². The molecule has 2 unspecified atom stereocenters. The van der Waals surface area contributed by atoms with Crippen molar-refractivity contribution in [1.82, 2.24) is 0 Å². The summed E-state index contributed by atoms with van der Waals surface area (Å²) in [4.78, 5) is 21.8. The lowest BCUT2D eigenvalue weighted by atomic mass is 10.1. The average molecular weight is 197 g/mol. The summed E-state index contributed by atoms with van der Waals surface area (Å²) in [5.74, 6) is -0.638. The van der Waals surface area contributed by atoms with Crippen molar-refractivity contribution >= 4 is 14.8 Å². The first-order valence-corrected chi connectivity index (χ1v) is 4.53. The van der Waals surface area contributed by atoms with Gasteiger partial charge in [-0.15, -0.1) is 8.81 Å². The van der Waals surface area contributed by atoms with Crippen molar-refractivity contribution in [3.05, 3.63) is 35.4 Å². The Morgan fingerprint density at radius 3 is 2.85 bits per heavy atom. The van der Waals surface area contributed by atoms with E-state index in [0.29, 0.717) is 0 Å². The zero-order valence-corrected chi connectivity index (χ0v) is 7.48. The van der Waals surface area contributed by atoms with Gasteiger partial charge in [-0.25, -0.2) is 4.79 Å². The number of esters is 1. The minimum absolute atomic E-state index is 0.272. The molecule has 0 aromatic heterocycles. The molecule has 0 amide bonds. The molecular formula is C8H6O4P-. The highest BCUT2D eigenvalue weighted by atomic mass is 31.1. The predicted octanol–water partition coefficient (Wildman–Crippen LogP) is -0.0866. The van der Waals surface area contributed by atoms with Crippen LogP contribution in [0.1, 0.15) is 15.9 Å². The summed E-state index contributed by atoms with van der Waals surface area (Å²) in [6.45, 7) is 0. The van der Waals surface area contributed by atoms with Crippen LogP contribution in [0.15, 0.2) is 24.3 Å². The summed E-state index contributed by atoms with van der Waals surface area (Å²) in [5, 5.41) is 9.58. The molecule has 1 aliphatic rings. The van der Waals surface area contributed by atoms with Gasteiger partial charge >= 0.3 is 5.97 Å². The summed E-state index contributed by atoms with van der Waals surface area (Å²) >= 11 is 0. The van der Waals surface area contributed by atoms with Crippen molar-refractivity contribution in [2.45, 2.75) is 5.53 Å². The van der Waals surface area contributed by atoms with E-state index in [2.05, 4.69) is 4.74 Å². The molecule has 1 aromatic rings. The second-order valence-electron chi connectivity index (χ2n) is 2.68. The van der Waals surface area contributed by atoms with Crippen molar-refractivity contribution in [1.29, 1.82) is 0 Å². The van der Waals surface area contributed by atoms with E-state index in [1.54, 1.807) is 12.1 Å². The average Bonchev–Trinajstić information content (AvgIpc) is 2.42. The van der Waals surface area contributed by atoms with Crippen LogP contribution in [0.4, 0.5) is 0 Å². The quantitative estimate of drug-likeness (QED) is 0.504. The van der Waals surface area contributed by atoms with Crippen LogP contribution >= 0.6 is 8.81 Å². The molecule has 68 valence electrons. The molecular weight excluding hydrogens is 191 g/mol. The molecule has 0 bridgehead atoms. The van der Waals surface area contributed by atoms with Gasteiger partial charge in [-0.05, 0) is 6.07 Å². The van der Waals surface area contributed by atoms with Crippen LogP contribution in [0, 0.1) is 0 Å². The van der Waals surface area contributed by atoms with Gasteiger partial charge in [0.1, 0.15) is 0 Å². The fraction of sp³-hybridized carbons (Fsp3) is 0.125. The zero-order valence-electron chi connectivity index (χ0n) is 6.48. The zero-order chi connectivity index (χ0) is 9.47. The third-order valence-electron chi connectivity index (χ3n) is 1.89. The molecule has 0 saturated heterocycles. The van der Waals surface area contributed by atoms with Gasteiger partial charge in [-0.2, -0.15) is 0 Å². The fourth-order valence-corrected chi connectivity index (χ4v) is 1.74. The van der Waals surface area contributed by atoms with Crippen molar-refractivity contribution in [3.63, 3.8) is 0 Å². The largest absolute Gasteiger partial charge is 0.827 e. The van der Waals surface area contributed by atoms with Gasteiger partial charge < -0.3 is 14.7 Å². The number of ether oxygens (including phenoxy) is 1. The lowest BCUT2D eigenvalue weighted by Gasteiger charge is -2.25. The number of carbonyl (C=O) groups is 1. The Morgan fingerprint density at radius 2 is 2.15 bits per heavy atom. The Kier molecular flexibility index (Phi) is 1.84. The number of hydrogen-bond donors (Lipinski definition) is 1. The smallest absolute Gasteiger partial charge is 0.341 e. The van der Waals surface area contributed by atoms with E-state index in [0.717, 1.165) is 0 Å². The van der Waals surface area contributed by atoms with Crippen LogP contribution in [0.25, 0.3) is 0 Å². The number of rotatable bonds is 1. The van der Waals surface area contributed by atoms with Crippen LogP contribution in [0.2, 0.25) is 0 Å². The minimum atomic E-state index is -1.94. The van der Waals surface area contributed by atoms with E-state index in [4.69, 9.17) is 0 Å². The fourth-order valence-electron chi connectivity index (χ4n) is 1.28. The first kappa shape index (κ1) is 8.63. The van der Waals surface area contributed by atoms with Crippen molar-refractivity contribution in [2.24, 2.45) is 0 Å². The Labute approximate surface area is 76.0 Å². The third kappa shape index (κ3) is 1.15. The Hall–Kier alpha value is -0.960. The Balaban J connectivity index is 2.59. The van der Waals surface area contributed by atoms with Gasteiger partial charge in [0.05, 0.1) is 5.56 Å². The predicted molar refractivity (Wildman–Crippen MR) is 44.1 cm³/mol. The van der Waals surface area contributed by atoms with Gasteiger partial charge in [0, 0.05) is 5.56 Å². The molecule has 1 heterocycles. The summed E-state index contributed by atoms with van der Waals surface area (Å²) in [6, 6.07) is 6.34. The molecule has 4 nitrogen and oxygen atoms in total. The SMILES string of the molecule is O=C1OC(O)(P[O-])c2ccccc21. The van der Waals surface area contributed by atoms with E-state index in [9.17, 15) is 14.8 Å². The highest BCUT2D eigenvalue weighted by molar-refractivity contribution is 7.30. The number of aliphatic hydroxyl groups is 1. The van der Waals surface area contributed by atoms with Gasteiger partial charge in [-0.3, -0.25) is 0 Å². The van der Waals surface area contributed by atoms with Crippen molar-refractivity contribution in [3.8, 4) is 0 Å². The topological polar surface area (TPSA) is 69.6 Å². The van der Waals surface area contributed by atoms with Crippen molar-refractivity contribution < 1.29 is 19.5 Å². The van der Waals surface area contributed by atoms with Crippen LogP contribution in [0.3, 0.4) is 0 Å². The van der Waals surface area contributed by atoms with Gasteiger partial charge in [0.2, 0.25) is 5.53 Å². The van der Waals surface area contributed by atoms with Gasteiger partial charge in [0.25, 0.3) is 0 Å². The highest BCUT2D eigenvalue weighted by Crippen LogP contribution is 2.42. The van der Waals surface area contributed by atoms with Gasteiger partial charge in [0.15, 0.2) is 0 Å². The molecule has 13 heavy (non-hydrogen) atoms. The summed E-state index contributed by atoms with van der Waals surface area (Å²) in [6.07, 6.45) is 0. The molecule has 5 heteroatoms. The lowest BCUT2D eigenvalue weighted by molar-refractivity contribution is -0.192. The number of carbonyl (C=O) groups excluding carboxylic acids is 1. The first-order valence-electron chi connectivity index (χ1n) is 3.62. The van der Waals surface area contributed by atoms with Crippen LogP contribution in [-0.4, -0.2) is 11.1 Å².